The zero-order valence-corrected chi connectivity index (χ0v) is 7.71. The van der Waals surface area contributed by atoms with Crippen molar-refractivity contribution < 1.29 is 0 Å². The molecule has 0 aromatic heterocycles. The maximum absolute atomic E-state index is 3.66. The van der Waals surface area contributed by atoms with Crippen LogP contribution in [-0.2, 0) is 0 Å². The maximum Gasteiger partial charge on any atom is -0.0313 e. The SMILES string of the molecule is C=CCCC=CC=CCCC=C. The van der Waals surface area contributed by atoms with E-state index in [1.165, 1.54) is 0 Å². The second-order valence-electron chi connectivity index (χ2n) is 2.59. The van der Waals surface area contributed by atoms with Crippen LogP contribution in [0, 0.1) is 0 Å². The van der Waals surface area contributed by atoms with E-state index in [1.54, 1.807) is 0 Å². The Hall–Kier alpha value is -1.04. The average Bonchev–Trinajstić information content (AvgIpc) is 2.10. The summed E-state index contributed by atoms with van der Waals surface area (Å²) in [6, 6.07) is 0. The summed E-state index contributed by atoms with van der Waals surface area (Å²) in [4.78, 5) is 0. The Bertz CT molecular complexity index is 141. The smallest absolute Gasteiger partial charge is 0.0313 e. The molecule has 0 rings (SSSR count). The summed E-state index contributed by atoms with van der Waals surface area (Å²) in [6.45, 7) is 7.31. The van der Waals surface area contributed by atoms with Crippen LogP contribution in [0.15, 0.2) is 49.6 Å². The van der Waals surface area contributed by atoms with Gasteiger partial charge in [0.1, 0.15) is 0 Å². The van der Waals surface area contributed by atoms with Crippen molar-refractivity contribution in [3.63, 3.8) is 0 Å². The van der Waals surface area contributed by atoms with Gasteiger partial charge in [0.05, 0.1) is 0 Å². The molecule has 0 aromatic rings. The molecule has 0 heteroatoms. The van der Waals surface area contributed by atoms with Crippen molar-refractivity contribution in [3.8, 4) is 0 Å². The van der Waals surface area contributed by atoms with Gasteiger partial charge >= 0.3 is 0 Å². The van der Waals surface area contributed by atoms with Crippen LogP contribution in [0.1, 0.15) is 25.7 Å². The fraction of sp³-hybridized carbons (Fsp3) is 0.333. The third-order valence-electron chi connectivity index (χ3n) is 1.46. The molecule has 0 saturated carbocycles. The van der Waals surface area contributed by atoms with Crippen molar-refractivity contribution in [2.45, 2.75) is 25.7 Å². The van der Waals surface area contributed by atoms with Crippen LogP contribution in [0.3, 0.4) is 0 Å². The number of hydrogen-bond donors (Lipinski definition) is 0. The second kappa shape index (κ2) is 9.96. The quantitative estimate of drug-likeness (QED) is 0.301. The van der Waals surface area contributed by atoms with E-state index in [1.807, 2.05) is 12.2 Å². The zero-order valence-electron chi connectivity index (χ0n) is 7.71. The molecule has 0 aliphatic carbocycles. The van der Waals surface area contributed by atoms with Gasteiger partial charge in [-0.25, -0.2) is 0 Å². The van der Waals surface area contributed by atoms with E-state index >= 15 is 0 Å². The topological polar surface area (TPSA) is 0 Å². The van der Waals surface area contributed by atoms with E-state index in [0.717, 1.165) is 25.7 Å². The standard InChI is InChI=1S/C12H18/c1-3-5-7-9-11-12-10-8-6-4-2/h3-4,9-12H,1-2,5-8H2. The van der Waals surface area contributed by atoms with Gasteiger partial charge in [-0.05, 0) is 25.7 Å². The number of rotatable bonds is 7. The van der Waals surface area contributed by atoms with Crippen molar-refractivity contribution in [2.24, 2.45) is 0 Å². The molecule has 0 saturated heterocycles. The average molecular weight is 162 g/mol. The first-order chi connectivity index (χ1) is 5.91. The lowest BCUT2D eigenvalue weighted by Crippen LogP contribution is -1.63. The first kappa shape index (κ1) is 11.0. The number of hydrogen-bond acceptors (Lipinski definition) is 0. The third-order valence-corrected chi connectivity index (χ3v) is 1.46. The lowest BCUT2D eigenvalue weighted by molar-refractivity contribution is 1.05. The largest absolute Gasteiger partial charge is 0.103 e. The minimum absolute atomic E-state index is 1.07. The molecule has 0 N–H and O–H groups in total. The van der Waals surface area contributed by atoms with Crippen molar-refractivity contribution >= 4 is 0 Å². The van der Waals surface area contributed by atoms with Gasteiger partial charge in [0.25, 0.3) is 0 Å². The van der Waals surface area contributed by atoms with Gasteiger partial charge < -0.3 is 0 Å². The predicted molar refractivity (Wildman–Crippen MR) is 57.1 cm³/mol. The van der Waals surface area contributed by atoms with Crippen LogP contribution in [0.2, 0.25) is 0 Å². The monoisotopic (exact) mass is 162 g/mol. The molecule has 0 aliphatic heterocycles. The Morgan fingerprint density at radius 2 is 1.08 bits per heavy atom. The molecule has 0 radical (unpaired) electrons. The van der Waals surface area contributed by atoms with Gasteiger partial charge in [0.15, 0.2) is 0 Å². The Morgan fingerprint density at radius 1 is 0.667 bits per heavy atom. The lowest BCUT2D eigenvalue weighted by Gasteiger charge is -1.83. The van der Waals surface area contributed by atoms with Gasteiger partial charge in [-0.15, -0.1) is 13.2 Å². The molecule has 0 aliphatic rings. The van der Waals surface area contributed by atoms with Gasteiger partial charge in [-0.1, -0.05) is 36.5 Å². The maximum atomic E-state index is 3.66. The molecule has 0 heterocycles. The molecule has 0 nitrogen and oxygen atoms in total. The fourth-order valence-electron chi connectivity index (χ4n) is 0.778. The summed E-state index contributed by atoms with van der Waals surface area (Å²) >= 11 is 0. The highest BCUT2D eigenvalue weighted by atomic mass is 13.8. The normalized spacial score (nSPS) is 11.0. The van der Waals surface area contributed by atoms with E-state index < -0.39 is 0 Å². The molecule has 0 unspecified atom stereocenters. The van der Waals surface area contributed by atoms with Crippen LogP contribution >= 0.6 is 0 Å². The first-order valence-electron chi connectivity index (χ1n) is 4.45. The Balaban J connectivity index is 3.26. The summed E-state index contributed by atoms with van der Waals surface area (Å²) in [5.41, 5.74) is 0. The molecular formula is C12H18. The summed E-state index contributed by atoms with van der Waals surface area (Å²) < 4.78 is 0. The fourth-order valence-corrected chi connectivity index (χ4v) is 0.778. The van der Waals surface area contributed by atoms with Gasteiger partial charge in [0, 0.05) is 0 Å². The summed E-state index contributed by atoms with van der Waals surface area (Å²) in [6.07, 6.45) is 16.7. The molecule has 0 spiro atoms. The van der Waals surface area contributed by atoms with E-state index in [2.05, 4.69) is 37.5 Å². The Kier molecular flexibility index (Phi) is 9.10. The highest BCUT2D eigenvalue weighted by Crippen LogP contribution is 1.94. The van der Waals surface area contributed by atoms with Crippen LogP contribution in [-0.4, -0.2) is 0 Å². The Labute approximate surface area is 76.0 Å². The van der Waals surface area contributed by atoms with Crippen molar-refractivity contribution in [2.75, 3.05) is 0 Å². The van der Waals surface area contributed by atoms with Gasteiger partial charge in [-0.3, -0.25) is 0 Å². The second-order valence-corrected chi connectivity index (χ2v) is 2.59. The lowest BCUT2D eigenvalue weighted by atomic mass is 10.2. The van der Waals surface area contributed by atoms with E-state index in [9.17, 15) is 0 Å². The van der Waals surface area contributed by atoms with E-state index in [4.69, 9.17) is 0 Å². The first-order valence-corrected chi connectivity index (χ1v) is 4.45. The van der Waals surface area contributed by atoms with Crippen molar-refractivity contribution in [1.29, 1.82) is 0 Å². The highest BCUT2D eigenvalue weighted by Gasteiger charge is 1.73. The summed E-state index contributed by atoms with van der Waals surface area (Å²) in [7, 11) is 0. The molecule has 0 aromatic carbocycles. The molecule has 66 valence electrons. The summed E-state index contributed by atoms with van der Waals surface area (Å²) in [5.74, 6) is 0. The molecule has 0 fully saturated rings. The van der Waals surface area contributed by atoms with Gasteiger partial charge in [-0.2, -0.15) is 0 Å². The molecular weight excluding hydrogens is 144 g/mol. The minimum Gasteiger partial charge on any atom is -0.103 e. The zero-order chi connectivity index (χ0) is 9.07. The Morgan fingerprint density at radius 3 is 1.42 bits per heavy atom. The molecule has 0 atom stereocenters. The van der Waals surface area contributed by atoms with Crippen molar-refractivity contribution in [1.82, 2.24) is 0 Å². The molecule has 0 amide bonds. The number of allylic oxidation sites excluding steroid dienone is 6. The predicted octanol–water partition coefficient (Wildman–Crippen LogP) is 4.03. The molecule has 12 heavy (non-hydrogen) atoms. The van der Waals surface area contributed by atoms with Gasteiger partial charge in [0.2, 0.25) is 0 Å². The number of unbranched alkanes of at least 4 members (excludes halogenated alkanes) is 2. The van der Waals surface area contributed by atoms with Crippen molar-refractivity contribution in [3.05, 3.63) is 49.6 Å². The van der Waals surface area contributed by atoms with Crippen LogP contribution < -0.4 is 0 Å². The van der Waals surface area contributed by atoms with E-state index in [-0.39, 0.29) is 0 Å². The van der Waals surface area contributed by atoms with Crippen LogP contribution in [0.25, 0.3) is 0 Å². The summed E-state index contributed by atoms with van der Waals surface area (Å²) in [5, 5.41) is 0. The highest BCUT2D eigenvalue weighted by molar-refractivity contribution is 5.03. The van der Waals surface area contributed by atoms with Crippen LogP contribution in [0.5, 0.6) is 0 Å². The van der Waals surface area contributed by atoms with Crippen LogP contribution in [0.4, 0.5) is 0 Å². The minimum atomic E-state index is 1.07. The van der Waals surface area contributed by atoms with E-state index in [0.29, 0.717) is 0 Å². The third kappa shape index (κ3) is 8.96. The molecule has 0 bridgehead atoms.